The fourth-order valence-electron chi connectivity index (χ4n) is 1.83. The second-order valence-electron chi connectivity index (χ2n) is 4.72. The molecule has 1 N–H and O–H groups in total. The Morgan fingerprint density at radius 2 is 1.83 bits per heavy atom. The molecule has 4 nitrogen and oxygen atoms in total. The molecule has 0 heterocycles. The van der Waals surface area contributed by atoms with Gasteiger partial charge in [0.05, 0.1) is 6.42 Å². The number of ether oxygens (including phenoxy) is 1. The van der Waals surface area contributed by atoms with Crippen molar-refractivity contribution < 1.29 is 26.7 Å². The molecule has 1 aromatic rings. The van der Waals surface area contributed by atoms with Crippen molar-refractivity contribution in [1.82, 2.24) is 10.2 Å². The number of rotatable bonds is 6. The average Bonchev–Trinajstić information content (AvgIpc) is 2.44. The third-order valence-electron chi connectivity index (χ3n) is 2.83. The number of benzene rings is 1. The van der Waals surface area contributed by atoms with Gasteiger partial charge in [-0.2, -0.15) is 22.0 Å². The molecule has 0 aliphatic rings. The number of nitrogens with one attached hydrogen (secondary N) is 1. The van der Waals surface area contributed by atoms with E-state index in [1.54, 1.807) is 24.1 Å². The fourth-order valence-corrected chi connectivity index (χ4v) is 1.83. The van der Waals surface area contributed by atoms with Gasteiger partial charge in [-0.1, -0.05) is 12.1 Å². The molecular weight excluding hydrogens is 448 g/mol. The van der Waals surface area contributed by atoms with Gasteiger partial charge in [0.15, 0.2) is 5.96 Å². The molecule has 0 saturated carbocycles. The Hall–Kier alpha value is -1.33. The Bertz CT molecular complexity index is 508. The summed E-state index contributed by atoms with van der Waals surface area (Å²) in [4.78, 5) is 5.53. The molecule has 0 aliphatic carbocycles. The first-order valence-corrected chi connectivity index (χ1v) is 6.73. The highest BCUT2D eigenvalue weighted by atomic mass is 127. The number of guanidine groups is 1. The van der Waals surface area contributed by atoms with Crippen molar-refractivity contribution in [2.75, 3.05) is 20.6 Å². The van der Waals surface area contributed by atoms with Gasteiger partial charge in [-0.25, -0.2) is 0 Å². The van der Waals surface area contributed by atoms with E-state index in [1.807, 2.05) is 0 Å². The molecule has 0 saturated heterocycles. The number of nitrogens with zero attached hydrogens (tertiary/aromatic N) is 2. The smallest absolute Gasteiger partial charge is 0.390 e. The van der Waals surface area contributed by atoms with Crippen LogP contribution in [0.15, 0.2) is 29.3 Å². The highest BCUT2D eigenvalue weighted by molar-refractivity contribution is 14.0. The summed E-state index contributed by atoms with van der Waals surface area (Å²) in [6, 6.07) is 5.98. The first kappa shape index (κ1) is 22.7. The van der Waals surface area contributed by atoms with E-state index >= 15 is 0 Å². The molecule has 0 unspecified atom stereocenters. The number of hydrogen-bond acceptors (Lipinski definition) is 2. The van der Waals surface area contributed by atoms with Crippen LogP contribution in [0.1, 0.15) is 12.0 Å². The van der Waals surface area contributed by atoms with E-state index in [9.17, 15) is 22.0 Å². The van der Waals surface area contributed by atoms with E-state index in [-0.39, 0.29) is 36.3 Å². The van der Waals surface area contributed by atoms with Gasteiger partial charge in [0.1, 0.15) is 5.75 Å². The molecule has 0 fully saturated rings. The van der Waals surface area contributed by atoms with Crippen LogP contribution in [-0.2, 0) is 6.54 Å². The van der Waals surface area contributed by atoms with E-state index in [2.05, 4.69) is 15.0 Å². The van der Waals surface area contributed by atoms with Gasteiger partial charge in [-0.15, -0.1) is 24.0 Å². The molecule has 0 aromatic heterocycles. The van der Waals surface area contributed by atoms with Crippen LogP contribution in [-0.4, -0.2) is 44.3 Å². The van der Waals surface area contributed by atoms with Gasteiger partial charge < -0.3 is 15.0 Å². The van der Waals surface area contributed by atoms with Crippen LogP contribution in [0.25, 0.3) is 0 Å². The monoisotopic (exact) mass is 467 g/mol. The second-order valence-corrected chi connectivity index (χ2v) is 4.72. The quantitative estimate of drug-likeness (QED) is 0.299. The zero-order valence-corrected chi connectivity index (χ0v) is 15.4. The summed E-state index contributed by atoms with van der Waals surface area (Å²) >= 11 is 0. The largest absolute Gasteiger partial charge is 0.435 e. The van der Waals surface area contributed by atoms with Crippen LogP contribution in [0.3, 0.4) is 0 Å². The summed E-state index contributed by atoms with van der Waals surface area (Å²) in [6.07, 6.45) is -5.19. The first-order valence-electron chi connectivity index (χ1n) is 6.73. The fraction of sp³-hybridized carbons (Fsp3) is 0.500. The molecule has 1 rings (SSSR count). The summed E-state index contributed by atoms with van der Waals surface area (Å²) in [6.45, 7) is -2.82. The van der Waals surface area contributed by atoms with E-state index in [0.717, 1.165) is 5.56 Å². The molecule has 10 heteroatoms. The van der Waals surface area contributed by atoms with Crippen molar-refractivity contribution in [3.63, 3.8) is 0 Å². The molecule has 0 atom stereocenters. The maximum atomic E-state index is 12.1. The minimum absolute atomic E-state index is 0. The van der Waals surface area contributed by atoms with Crippen molar-refractivity contribution in [2.45, 2.75) is 25.8 Å². The predicted octanol–water partition coefficient (Wildman–Crippen LogP) is 3.87. The Morgan fingerprint density at radius 1 is 1.25 bits per heavy atom. The predicted molar refractivity (Wildman–Crippen MR) is 92.0 cm³/mol. The molecule has 0 aliphatic heterocycles. The van der Waals surface area contributed by atoms with Gasteiger partial charge in [0.2, 0.25) is 0 Å². The molecule has 24 heavy (non-hydrogen) atoms. The SMILES string of the molecule is CN=C(NCCC(F)(F)F)N(C)Cc1ccc(OC(F)F)cc1.I. The molecule has 0 radical (unpaired) electrons. The van der Waals surface area contributed by atoms with Crippen LogP contribution < -0.4 is 10.1 Å². The average molecular weight is 467 g/mol. The van der Waals surface area contributed by atoms with Gasteiger partial charge in [-0.05, 0) is 17.7 Å². The van der Waals surface area contributed by atoms with Gasteiger partial charge >= 0.3 is 12.8 Å². The molecular formula is C14H19F5IN3O. The van der Waals surface area contributed by atoms with E-state index in [0.29, 0.717) is 12.5 Å². The Morgan fingerprint density at radius 3 is 2.29 bits per heavy atom. The van der Waals surface area contributed by atoms with E-state index in [4.69, 9.17) is 0 Å². The van der Waals surface area contributed by atoms with Crippen molar-refractivity contribution in [3.05, 3.63) is 29.8 Å². The lowest BCUT2D eigenvalue weighted by Gasteiger charge is -2.22. The summed E-state index contributed by atoms with van der Waals surface area (Å²) in [5.41, 5.74) is 0.771. The summed E-state index contributed by atoms with van der Waals surface area (Å²) in [5.74, 6) is 0.348. The van der Waals surface area contributed by atoms with Crippen LogP contribution in [0.4, 0.5) is 22.0 Å². The lowest BCUT2D eigenvalue weighted by atomic mass is 10.2. The van der Waals surface area contributed by atoms with Crippen molar-refractivity contribution in [1.29, 1.82) is 0 Å². The van der Waals surface area contributed by atoms with Crippen LogP contribution >= 0.6 is 24.0 Å². The van der Waals surface area contributed by atoms with E-state index in [1.165, 1.54) is 19.2 Å². The molecule has 0 amide bonds. The standard InChI is InChI=1S/C14H18F5N3O.HI/c1-20-13(21-8-7-14(17,18)19)22(2)9-10-3-5-11(6-4-10)23-12(15)16;/h3-6,12H,7-9H2,1-2H3,(H,20,21);1H. The van der Waals surface area contributed by atoms with Crippen molar-refractivity contribution in [3.8, 4) is 5.75 Å². The molecule has 138 valence electrons. The highest BCUT2D eigenvalue weighted by Crippen LogP contribution is 2.18. The normalized spacial score (nSPS) is 11.9. The van der Waals surface area contributed by atoms with Gasteiger partial charge in [-0.3, -0.25) is 4.99 Å². The first-order chi connectivity index (χ1) is 10.7. The summed E-state index contributed by atoms with van der Waals surface area (Å²) in [5, 5.41) is 2.62. The number of halogens is 6. The molecule has 0 bridgehead atoms. The minimum Gasteiger partial charge on any atom is -0.435 e. The lowest BCUT2D eigenvalue weighted by molar-refractivity contribution is -0.132. The number of hydrogen-bond donors (Lipinski definition) is 1. The third-order valence-corrected chi connectivity index (χ3v) is 2.83. The molecule has 1 aromatic carbocycles. The highest BCUT2D eigenvalue weighted by Gasteiger charge is 2.26. The van der Waals surface area contributed by atoms with E-state index < -0.39 is 19.2 Å². The van der Waals surface area contributed by atoms with Crippen LogP contribution in [0.2, 0.25) is 0 Å². The Labute approximate surface area is 154 Å². The second kappa shape index (κ2) is 10.5. The van der Waals surface area contributed by atoms with Crippen LogP contribution in [0.5, 0.6) is 5.75 Å². The topological polar surface area (TPSA) is 36.9 Å². The number of alkyl halides is 5. The lowest BCUT2D eigenvalue weighted by Crippen LogP contribution is -2.39. The van der Waals surface area contributed by atoms with Crippen molar-refractivity contribution >= 4 is 29.9 Å². The Kier molecular flexibility index (Phi) is 9.93. The minimum atomic E-state index is -4.23. The Balaban J connectivity index is 0.00000529. The van der Waals surface area contributed by atoms with Crippen molar-refractivity contribution in [2.24, 2.45) is 4.99 Å². The van der Waals surface area contributed by atoms with Gasteiger partial charge in [0.25, 0.3) is 0 Å². The molecule has 0 spiro atoms. The zero-order chi connectivity index (χ0) is 17.5. The van der Waals surface area contributed by atoms with Crippen LogP contribution in [0, 0.1) is 0 Å². The number of aliphatic imine (C=N–C) groups is 1. The summed E-state index contributed by atoms with van der Waals surface area (Å²) in [7, 11) is 3.12. The maximum Gasteiger partial charge on any atom is 0.390 e. The zero-order valence-electron chi connectivity index (χ0n) is 13.1. The van der Waals surface area contributed by atoms with Gasteiger partial charge in [0, 0.05) is 27.2 Å². The third kappa shape index (κ3) is 9.08. The summed E-state index contributed by atoms with van der Waals surface area (Å²) < 4.78 is 64.7. The maximum absolute atomic E-state index is 12.1.